The SMILES string of the molecule is C[C@@H](Oc1cccc([N+](=O)[O-])c1)C(=O)NC1CC1. The lowest BCUT2D eigenvalue weighted by Crippen LogP contribution is -2.37. The number of nitrogens with one attached hydrogen (secondary N) is 1. The molecule has 1 saturated carbocycles. The van der Waals surface area contributed by atoms with Crippen molar-refractivity contribution in [2.45, 2.75) is 31.9 Å². The Balaban J connectivity index is 1.96. The highest BCUT2D eigenvalue weighted by molar-refractivity contribution is 5.81. The fourth-order valence-corrected chi connectivity index (χ4v) is 1.47. The average molecular weight is 250 g/mol. The molecule has 1 amide bonds. The van der Waals surface area contributed by atoms with Gasteiger partial charge >= 0.3 is 0 Å². The van der Waals surface area contributed by atoms with E-state index in [4.69, 9.17) is 4.74 Å². The Hall–Kier alpha value is -2.11. The van der Waals surface area contributed by atoms with Crippen LogP contribution in [0.2, 0.25) is 0 Å². The smallest absolute Gasteiger partial charge is 0.273 e. The van der Waals surface area contributed by atoms with E-state index in [0.29, 0.717) is 5.75 Å². The fraction of sp³-hybridized carbons (Fsp3) is 0.417. The van der Waals surface area contributed by atoms with Crippen LogP contribution in [0.25, 0.3) is 0 Å². The summed E-state index contributed by atoms with van der Waals surface area (Å²) in [5.74, 6) is 0.131. The van der Waals surface area contributed by atoms with Gasteiger partial charge in [0, 0.05) is 12.1 Å². The Kier molecular flexibility index (Phi) is 3.45. The topological polar surface area (TPSA) is 81.5 Å². The molecular weight excluding hydrogens is 236 g/mol. The minimum atomic E-state index is -0.660. The van der Waals surface area contributed by atoms with Gasteiger partial charge in [-0.25, -0.2) is 0 Å². The third-order valence-electron chi connectivity index (χ3n) is 2.63. The Morgan fingerprint density at radius 2 is 2.28 bits per heavy atom. The van der Waals surface area contributed by atoms with Crippen LogP contribution in [0.15, 0.2) is 24.3 Å². The summed E-state index contributed by atoms with van der Waals surface area (Å²) >= 11 is 0. The molecule has 0 saturated heterocycles. The maximum absolute atomic E-state index is 11.6. The zero-order valence-corrected chi connectivity index (χ0v) is 9.96. The molecular formula is C12H14N2O4. The van der Waals surface area contributed by atoms with Crippen LogP contribution < -0.4 is 10.1 Å². The largest absolute Gasteiger partial charge is 0.481 e. The minimum Gasteiger partial charge on any atom is -0.481 e. The van der Waals surface area contributed by atoms with E-state index in [0.717, 1.165) is 12.8 Å². The van der Waals surface area contributed by atoms with Gasteiger partial charge in [-0.2, -0.15) is 0 Å². The first-order valence-corrected chi connectivity index (χ1v) is 5.78. The summed E-state index contributed by atoms with van der Waals surface area (Å²) in [5, 5.41) is 13.4. The van der Waals surface area contributed by atoms with Gasteiger partial charge in [0.1, 0.15) is 5.75 Å². The van der Waals surface area contributed by atoms with Gasteiger partial charge < -0.3 is 10.1 Å². The van der Waals surface area contributed by atoms with E-state index in [-0.39, 0.29) is 17.6 Å². The van der Waals surface area contributed by atoms with E-state index >= 15 is 0 Å². The van der Waals surface area contributed by atoms with Crippen LogP contribution in [0, 0.1) is 10.1 Å². The van der Waals surface area contributed by atoms with Crippen molar-refractivity contribution >= 4 is 11.6 Å². The molecule has 0 bridgehead atoms. The lowest BCUT2D eigenvalue weighted by molar-refractivity contribution is -0.384. The lowest BCUT2D eigenvalue weighted by atomic mass is 10.3. The number of carbonyl (C=O) groups is 1. The predicted molar refractivity (Wildman–Crippen MR) is 64.4 cm³/mol. The molecule has 0 unspecified atom stereocenters. The minimum absolute atomic E-state index is 0.0534. The van der Waals surface area contributed by atoms with Gasteiger partial charge in [-0.15, -0.1) is 0 Å². The predicted octanol–water partition coefficient (Wildman–Crippen LogP) is 1.64. The molecule has 18 heavy (non-hydrogen) atoms. The van der Waals surface area contributed by atoms with Crippen LogP contribution in [-0.2, 0) is 4.79 Å². The number of non-ortho nitro benzene ring substituents is 1. The molecule has 0 heterocycles. The monoisotopic (exact) mass is 250 g/mol. The summed E-state index contributed by atoms with van der Waals surface area (Å²) < 4.78 is 5.38. The van der Waals surface area contributed by atoms with Crippen molar-refractivity contribution in [2.24, 2.45) is 0 Å². The van der Waals surface area contributed by atoms with Gasteiger partial charge in [0.2, 0.25) is 0 Å². The number of benzene rings is 1. The lowest BCUT2D eigenvalue weighted by Gasteiger charge is -2.14. The van der Waals surface area contributed by atoms with Gasteiger partial charge in [0.15, 0.2) is 6.10 Å². The summed E-state index contributed by atoms with van der Waals surface area (Å²) in [5.41, 5.74) is -0.0534. The molecule has 1 aromatic rings. The summed E-state index contributed by atoms with van der Waals surface area (Å²) in [6.45, 7) is 1.62. The second-order valence-electron chi connectivity index (χ2n) is 4.30. The van der Waals surface area contributed by atoms with Crippen molar-refractivity contribution < 1.29 is 14.5 Å². The molecule has 6 heteroatoms. The Morgan fingerprint density at radius 1 is 1.56 bits per heavy atom. The van der Waals surface area contributed by atoms with Gasteiger partial charge in [-0.1, -0.05) is 6.07 Å². The second kappa shape index (κ2) is 5.03. The van der Waals surface area contributed by atoms with Crippen molar-refractivity contribution in [1.82, 2.24) is 5.32 Å². The molecule has 96 valence electrons. The van der Waals surface area contributed by atoms with Crippen molar-refractivity contribution in [2.75, 3.05) is 0 Å². The molecule has 1 N–H and O–H groups in total. The first kappa shape index (κ1) is 12.3. The van der Waals surface area contributed by atoms with E-state index in [1.807, 2.05) is 0 Å². The van der Waals surface area contributed by atoms with Gasteiger partial charge in [0.05, 0.1) is 11.0 Å². The maximum atomic E-state index is 11.6. The van der Waals surface area contributed by atoms with Crippen LogP contribution in [0.1, 0.15) is 19.8 Å². The zero-order chi connectivity index (χ0) is 13.1. The van der Waals surface area contributed by atoms with Crippen LogP contribution in [-0.4, -0.2) is 23.0 Å². The number of hydrogen-bond acceptors (Lipinski definition) is 4. The normalized spacial score (nSPS) is 15.8. The standard InChI is InChI=1S/C12H14N2O4/c1-8(12(15)13-9-5-6-9)18-11-4-2-3-10(7-11)14(16)17/h2-4,7-9H,5-6H2,1H3,(H,13,15)/t8-/m1/s1. The van der Waals surface area contributed by atoms with Crippen molar-refractivity contribution in [3.8, 4) is 5.75 Å². The number of amides is 1. The number of nitro groups is 1. The molecule has 1 aliphatic rings. The Morgan fingerprint density at radius 3 is 2.89 bits per heavy atom. The molecule has 1 atom stereocenters. The quantitative estimate of drug-likeness (QED) is 0.636. The highest BCUT2D eigenvalue weighted by Gasteiger charge is 2.26. The number of nitrogens with zero attached hydrogens (tertiary/aromatic N) is 1. The summed E-state index contributed by atoms with van der Waals surface area (Å²) in [4.78, 5) is 21.7. The van der Waals surface area contributed by atoms with E-state index in [2.05, 4.69) is 5.32 Å². The van der Waals surface area contributed by atoms with Crippen LogP contribution in [0.3, 0.4) is 0 Å². The summed E-state index contributed by atoms with van der Waals surface area (Å²) in [6, 6.07) is 6.07. The molecule has 2 rings (SSSR count). The maximum Gasteiger partial charge on any atom is 0.273 e. The van der Waals surface area contributed by atoms with Crippen molar-refractivity contribution in [3.63, 3.8) is 0 Å². The summed E-state index contributed by atoms with van der Waals surface area (Å²) in [7, 11) is 0. The van der Waals surface area contributed by atoms with E-state index in [9.17, 15) is 14.9 Å². The van der Waals surface area contributed by atoms with E-state index in [1.54, 1.807) is 13.0 Å². The molecule has 1 fully saturated rings. The number of nitro benzene ring substituents is 1. The molecule has 0 radical (unpaired) electrons. The average Bonchev–Trinajstić information content (AvgIpc) is 3.13. The molecule has 0 aliphatic heterocycles. The van der Waals surface area contributed by atoms with Gasteiger partial charge in [-0.05, 0) is 25.8 Å². The van der Waals surface area contributed by atoms with E-state index < -0.39 is 11.0 Å². The van der Waals surface area contributed by atoms with Crippen LogP contribution >= 0.6 is 0 Å². The van der Waals surface area contributed by atoms with Gasteiger partial charge in [-0.3, -0.25) is 14.9 Å². The van der Waals surface area contributed by atoms with E-state index in [1.165, 1.54) is 18.2 Å². The number of ether oxygens (including phenoxy) is 1. The molecule has 1 aliphatic carbocycles. The second-order valence-corrected chi connectivity index (χ2v) is 4.30. The first-order chi connectivity index (χ1) is 8.56. The third-order valence-corrected chi connectivity index (χ3v) is 2.63. The number of rotatable bonds is 5. The Bertz CT molecular complexity index is 471. The number of carbonyl (C=O) groups excluding carboxylic acids is 1. The molecule has 0 aromatic heterocycles. The zero-order valence-electron chi connectivity index (χ0n) is 9.96. The fourth-order valence-electron chi connectivity index (χ4n) is 1.47. The molecule has 1 aromatic carbocycles. The number of hydrogen-bond donors (Lipinski definition) is 1. The third kappa shape index (κ3) is 3.19. The Labute approximate surface area is 104 Å². The highest BCUT2D eigenvalue weighted by atomic mass is 16.6. The van der Waals surface area contributed by atoms with Gasteiger partial charge in [0.25, 0.3) is 11.6 Å². The first-order valence-electron chi connectivity index (χ1n) is 5.78. The van der Waals surface area contributed by atoms with Crippen LogP contribution in [0.5, 0.6) is 5.75 Å². The van der Waals surface area contributed by atoms with Crippen molar-refractivity contribution in [1.29, 1.82) is 0 Å². The summed E-state index contributed by atoms with van der Waals surface area (Å²) in [6.07, 6.45) is 1.36. The van der Waals surface area contributed by atoms with Crippen molar-refractivity contribution in [3.05, 3.63) is 34.4 Å². The highest BCUT2D eigenvalue weighted by Crippen LogP contribution is 2.21. The molecule has 0 spiro atoms. The molecule has 6 nitrogen and oxygen atoms in total. The van der Waals surface area contributed by atoms with Crippen LogP contribution in [0.4, 0.5) is 5.69 Å².